The molecule has 32 heavy (non-hydrogen) atoms. The first-order valence-corrected chi connectivity index (χ1v) is 10.7. The molecule has 3 aromatic rings. The SMILES string of the molecule is CC(Oc1ccc2ccccc2c1)C(=O)NNC(=O)c1ccc(OCC2CCCO2)cc1. The summed E-state index contributed by atoms with van der Waals surface area (Å²) in [5.41, 5.74) is 5.22. The number of hydrazine groups is 1. The molecule has 0 bridgehead atoms. The maximum atomic E-state index is 12.3. The molecule has 1 aliphatic heterocycles. The van der Waals surface area contributed by atoms with Crippen LogP contribution >= 0.6 is 0 Å². The summed E-state index contributed by atoms with van der Waals surface area (Å²) in [5.74, 6) is 0.361. The molecule has 4 rings (SSSR count). The maximum Gasteiger partial charge on any atom is 0.279 e. The summed E-state index contributed by atoms with van der Waals surface area (Å²) in [7, 11) is 0. The molecule has 1 heterocycles. The van der Waals surface area contributed by atoms with Crippen LogP contribution in [-0.4, -0.2) is 37.2 Å². The van der Waals surface area contributed by atoms with E-state index < -0.39 is 17.9 Å². The molecule has 7 nitrogen and oxygen atoms in total. The van der Waals surface area contributed by atoms with Crippen LogP contribution in [0.4, 0.5) is 0 Å². The number of nitrogens with one attached hydrogen (secondary N) is 2. The van der Waals surface area contributed by atoms with Gasteiger partial charge in [0.2, 0.25) is 0 Å². The minimum Gasteiger partial charge on any atom is -0.491 e. The van der Waals surface area contributed by atoms with Gasteiger partial charge in [-0.3, -0.25) is 20.4 Å². The van der Waals surface area contributed by atoms with E-state index in [0.717, 1.165) is 30.2 Å². The van der Waals surface area contributed by atoms with Gasteiger partial charge in [0.25, 0.3) is 11.8 Å². The van der Waals surface area contributed by atoms with Gasteiger partial charge in [-0.05, 0) is 66.9 Å². The number of hydrogen-bond donors (Lipinski definition) is 2. The molecule has 1 saturated heterocycles. The Labute approximate surface area is 186 Å². The van der Waals surface area contributed by atoms with Crippen molar-refractivity contribution in [3.8, 4) is 11.5 Å². The number of carbonyl (C=O) groups excluding carboxylic acids is 2. The van der Waals surface area contributed by atoms with E-state index >= 15 is 0 Å². The fourth-order valence-electron chi connectivity index (χ4n) is 3.46. The molecule has 2 unspecified atom stereocenters. The van der Waals surface area contributed by atoms with Gasteiger partial charge in [0, 0.05) is 12.2 Å². The van der Waals surface area contributed by atoms with Crippen molar-refractivity contribution in [2.45, 2.75) is 32.0 Å². The lowest BCUT2D eigenvalue weighted by molar-refractivity contribution is -0.128. The van der Waals surface area contributed by atoms with E-state index in [4.69, 9.17) is 14.2 Å². The highest BCUT2D eigenvalue weighted by molar-refractivity contribution is 5.95. The van der Waals surface area contributed by atoms with E-state index in [0.29, 0.717) is 23.7 Å². The van der Waals surface area contributed by atoms with Gasteiger partial charge in [-0.1, -0.05) is 30.3 Å². The second-order valence-corrected chi connectivity index (χ2v) is 7.68. The van der Waals surface area contributed by atoms with Crippen LogP contribution in [0.1, 0.15) is 30.1 Å². The highest BCUT2D eigenvalue weighted by Crippen LogP contribution is 2.21. The number of hydrogen-bond acceptors (Lipinski definition) is 5. The Morgan fingerprint density at radius 1 is 1.00 bits per heavy atom. The normalized spacial score (nSPS) is 16.3. The number of ether oxygens (including phenoxy) is 3. The first-order chi connectivity index (χ1) is 15.6. The predicted molar refractivity (Wildman–Crippen MR) is 121 cm³/mol. The summed E-state index contributed by atoms with van der Waals surface area (Å²) in [5, 5.41) is 2.11. The lowest BCUT2D eigenvalue weighted by Crippen LogP contribution is -2.47. The third-order valence-corrected chi connectivity index (χ3v) is 5.28. The molecule has 2 atom stereocenters. The summed E-state index contributed by atoms with van der Waals surface area (Å²) in [6.07, 6.45) is 1.41. The van der Waals surface area contributed by atoms with Gasteiger partial charge >= 0.3 is 0 Å². The lowest BCUT2D eigenvalue weighted by Gasteiger charge is -2.16. The Morgan fingerprint density at radius 3 is 2.50 bits per heavy atom. The first-order valence-electron chi connectivity index (χ1n) is 10.7. The van der Waals surface area contributed by atoms with E-state index in [1.165, 1.54) is 0 Å². The number of benzene rings is 3. The molecule has 0 saturated carbocycles. The van der Waals surface area contributed by atoms with Gasteiger partial charge in [-0.25, -0.2) is 0 Å². The van der Waals surface area contributed by atoms with Crippen molar-refractivity contribution >= 4 is 22.6 Å². The Kier molecular flexibility index (Phi) is 6.87. The molecule has 166 valence electrons. The highest BCUT2D eigenvalue weighted by Gasteiger charge is 2.17. The van der Waals surface area contributed by atoms with Gasteiger partial charge < -0.3 is 14.2 Å². The molecule has 0 radical (unpaired) electrons. The summed E-state index contributed by atoms with van der Waals surface area (Å²) < 4.78 is 16.9. The van der Waals surface area contributed by atoms with Crippen LogP contribution in [0.5, 0.6) is 11.5 Å². The maximum absolute atomic E-state index is 12.3. The minimum atomic E-state index is -0.787. The van der Waals surface area contributed by atoms with Crippen LogP contribution in [0.3, 0.4) is 0 Å². The molecule has 1 aliphatic rings. The highest BCUT2D eigenvalue weighted by atomic mass is 16.5. The fourth-order valence-corrected chi connectivity index (χ4v) is 3.46. The van der Waals surface area contributed by atoms with Gasteiger partial charge in [0.1, 0.15) is 18.1 Å². The van der Waals surface area contributed by atoms with Gasteiger partial charge in [-0.15, -0.1) is 0 Å². The van der Waals surface area contributed by atoms with E-state index in [2.05, 4.69) is 10.9 Å². The summed E-state index contributed by atoms with van der Waals surface area (Å²) in [6.45, 7) is 2.90. The van der Waals surface area contributed by atoms with Gasteiger partial charge in [0.05, 0.1) is 6.10 Å². The molecule has 7 heteroatoms. The predicted octanol–water partition coefficient (Wildman–Crippen LogP) is 3.63. The fraction of sp³-hybridized carbons (Fsp3) is 0.280. The van der Waals surface area contributed by atoms with Crippen molar-refractivity contribution in [2.75, 3.05) is 13.2 Å². The van der Waals surface area contributed by atoms with Crippen LogP contribution in [-0.2, 0) is 9.53 Å². The van der Waals surface area contributed by atoms with E-state index in [1.807, 2.05) is 42.5 Å². The summed E-state index contributed by atoms with van der Waals surface area (Å²) in [4.78, 5) is 24.7. The Morgan fingerprint density at radius 2 is 1.75 bits per heavy atom. The molecule has 2 amide bonds. The number of carbonyl (C=O) groups is 2. The van der Waals surface area contributed by atoms with Crippen molar-refractivity contribution in [3.63, 3.8) is 0 Å². The smallest absolute Gasteiger partial charge is 0.279 e. The average Bonchev–Trinajstić information content (AvgIpc) is 3.35. The zero-order chi connectivity index (χ0) is 22.3. The van der Waals surface area contributed by atoms with Crippen molar-refractivity contribution < 1.29 is 23.8 Å². The zero-order valence-electron chi connectivity index (χ0n) is 17.9. The quantitative estimate of drug-likeness (QED) is 0.555. The van der Waals surface area contributed by atoms with Crippen molar-refractivity contribution in [3.05, 3.63) is 72.3 Å². The monoisotopic (exact) mass is 434 g/mol. The number of rotatable bonds is 7. The van der Waals surface area contributed by atoms with Crippen molar-refractivity contribution in [1.29, 1.82) is 0 Å². The van der Waals surface area contributed by atoms with Gasteiger partial charge in [-0.2, -0.15) is 0 Å². The Balaban J connectivity index is 1.24. The van der Waals surface area contributed by atoms with E-state index in [1.54, 1.807) is 31.2 Å². The van der Waals surface area contributed by atoms with Crippen molar-refractivity contribution in [1.82, 2.24) is 10.9 Å². The lowest BCUT2D eigenvalue weighted by atomic mass is 10.1. The van der Waals surface area contributed by atoms with E-state index in [-0.39, 0.29) is 6.10 Å². The second-order valence-electron chi connectivity index (χ2n) is 7.68. The molecule has 3 aromatic carbocycles. The van der Waals surface area contributed by atoms with Crippen LogP contribution in [0.25, 0.3) is 10.8 Å². The number of fused-ring (bicyclic) bond motifs is 1. The Hall–Kier alpha value is -3.58. The largest absolute Gasteiger partial charge is 0.491 e. The topological polar surface area (TPSA) is 85.9 Å². The second kappa shape index (κ2) is 10.2. The standard InChI is InChI=1S/C25H26N2O5/c1-17(32-22-13-8-18-5-2-3-6-20(18)15-22)24(28)26-27-25(29)19-9-11-21(12-10-19)31-16-23-7-4-14-30-23/h2-3,5-6,8-13,15,17,23H,4,7,14,16H2,1H3,(H,26,28)(H,27,29). The third-order valence-electron chi connectivity index (χ3n) is 5.28. The molecule has 0 aromatic heterocycles. The molecule has 0 aliphatic carbocycles. The molecule has 2 N–H and O–H groups in total. The van der Waals surface area contributed by atoms with Crippen LogP contribution < -0.4 is 20.3 Å². The summed E-state index contributed by atoms with van der Waals surface area (Å²) in [6, 6.07) is 20.2. The molecule has 1 fully saturated rings. The minimum absolute atomic E-state index is 0.131. The molecular formula is C25H26N2O5. The van der Waals surface area contributed by atoms with Crippen molar-refractivity contribution in [2.24, 2.45) is 0 Å². The van der Waals surface area contributed by atoms with Gasteiger partial charge in [0.15, 0.2) is 6.10 Å². The third kappa shape index (κ3) is 5.56. The first kappa shape index (κ1) is 21.6. The van der Waals surface area contributed by atoms with Crippen LogP contribution in [0.2, 0.25) is 0 Å². The number of amides is 2. The Bertz CT molecular complexity index is 1080. The molecule has 0 spiro atoms. The van der Waals surface area contributed by atoms with E-state index in [9.17, 15) is 9.59 Å². The van der Waals surface area contributed by atoms with Crippen LogP contribution in [0, 0.1) is 0 Å². The molecular weight excluding hydrogens is 408 g/mol. The zero-order valence-corrected chi connectivity index (χ0v) is 17.9. The summed E-state index contributed by atoms with van der Waals surface area (Å²) >= 11 is 0. The van der Waals surface area contributed by atoms with Crippen LogP contribution in [0.15, 0.2) is 66.7 Å². The average molecular weight is 434 g/mol.